The van der Waals surface area contributed by atoms with Crippen LogP contribution in [0.15, 0.2) is 48.5 Å². The zero-order valence-electron chi connectivity index (χ0n) is 22.8. The van der Waals surface area contributed by atoms with E-state index in [2.05, 4.69) is 69.0 Å². The first-order chi connectivity index (χ1) is 18.6. The van der Waals surface area contributed by atoms with E-state index in [4.69, 9.17) is 26.4 Å². The summed E-state index contributed by atoms with van der Waals surface area (Å²) in [6.45, 7) is 7.56. The maximum absolute atomic E-state index is 5.73. The number of hydrogen-bond donors (Lipinski definition) is 2. The van der Waals surface area contributed by atoms with E-state index in [1.165, 1.54) is 11.1 Å². The molecule has 2 aromatic rings. The van der Waals surface area contributed by atoms with E-state index in [9.17, 15) is 0 Å². The van der Waals surface area contributed by atoms with Crippen LogP contribution in [0.4, 0.5) is 0 Å². The molecule has 0 unspecified atom stereocenters. The molecule has 5 rings (SSSR count). The van der Waals surface area contributed by atoms with Gasteiger partial charge in [-0.25, -0.2) is 0 Å². The number of thiocarbonyl (C=S) groups is 1. The average molecular weight is 539 g/mol. The molecule has 1 saturated carbocycles. The molecule has 3 atom stereocenters. The lowest BCUT2D eigenvalue weighted by atomic mass is 9.65. The van der Waals surface area contributed by atoms with Crippen LogP contribution in [0.25, 0.3) is 0 Å². The molecule has 8 heteroatoms. The average Bonchev–Trinajstić information content (AvgIpc) is 3.32. The lowest BCUT2D eigenvalue weighted by Gasteiger charge is -2.46. The van der Waals surface area contributed by atoms with Gasteiger partial charge in [0.05, 0.1) is 27.4 Å². The number of fused-ring (bicyclic) bond motifs is 1. The summed E-state index contributed by atoms with van der Waals surface area (Å²) in [5, 5.41) is 7.89. The molecule has 0 spiro atoms. The predicted molar refractivity (Wildman–Crippen MR) is 155 cm³/mol. The summed E-state index contributed by atoms with van der Waals surface area (Å²) >= 11 is 5.73. The van der Waals surface area contributed by atoms with Crippen LogP contribution >= 0.6 is 12.2 Å². The number of morpholine rings is 1. The quantitative estimate of drug-likeness (QED) is 0.470. The lowest BCUT2D eigenvalue weighted by molar-refractivity contribution is 0.0389. The van der Waals surface area contributed by atoms with Crippen LogP contribution in [0.1, 0.15) is 36.8 Å². The largest absolute Gasteiger partial charge is 0.493 e. The minimum Gasteiger partial charge on any atom is -0.493 e. The van der Waals surface area contributed by atoms with Crippen LogP contribution in [-0.4, -0.2) is 87.2 Å². The minimum atomic E-state index is 0.0951. The first kappa shape index (κ1) is 27.2. The van der Waals surface area contributed by atoms with Gasteiger partial charge in [0.2, 0.25) is 0 Å². The molecule has 2 saturated heterocycles. The van der Waals surface area contributed by atoms with Crippen LogP contribution in [0, 0.1) is 0 Å². The Balaban J connectivity index is 1.28. The van der Waals surface area contributed by atoms with Crippen LogP contribution in [-0.2, 0) is 16.7 Å². The van der Waals surface area contributed by atoms with E-state index in [1.807, 2.05) is 0 Å². The smallest absolute Gasteiger partial charge is 0.166 e. The molecule has 2 aromatic carbocycles. The molecule has 7 nitrogen and oxygen atoms in total. The van der Waals surface area contributed by atoms with Crippen LogP contribution in [0.3, 0.4) is 0 Å². The van der Waals surface area contributed by atoms with Crippen molar-refractivity contribution < 1.29 is 14.2 Å². The van der Waals surface area contributed by atoms with E-state index < -0.39 is 0 Å². The summed E-state index contributed by atoms with van der Waals surface area (Å²) in [5.74, 6) is 1.60. The monoisotopic (exact) mass is 538 g/mol. The zero-order chi connectivity index (χ0) is 26.4. The van der Waals surface area contributed by atoms with Crippen LogP contribution < -0.4 is 20.1 Å². The number of likely N-dealkylation sites (tertiary alicyclic amines) is 1. The Labute approximate surface area is 232 Å². The summed E-state index contributed by atoms with van der Waals surface area (Å²) in [7, 11) is 3.42. The molecular weight excluding hydrogens is 496 g/mol. The molecule has 38 heavy (non-hydrogen) atoms. The van der Waals surface area contributed by atoms with Gasteiger partial charge in [0, 0.05) is 50.2 Å². The fourth-order valence-corrected chi connectivity index (χ4v) is 6.92. The highest BCUT2D eigenvalue weighted by Crippen LogP contribution is 2.50. The molecule has 0 bridgehead atoms. The Morgan fingerprint density at radius 2 is 1.82 bits per heavy atom. The standard InChI is InChI=1S/C30H42N4O3S/c1-35-26-9-8-24(20-27(26)36-2)30-11-10-25(32-29(38)31-13-15-33-16-18-37-19-17-33)21-28(30)34(14-12-30)22-23-6-4-3-5-7-23/h3-9,20,25,28H,10-19,21-22H2,1-2H3,(H2,31,32,38)/t25-,28+,30+/m1/s1. The number of ether oxygens (including phenoxy) is 3. The number of benzene rings is 2. The lowest BCUT2D eigenvalue weighted by Crippen LogP contribution is -2.54. The van der Waals surface area contributed by atoms with E-state index >= 15 is 0 Å². The molecule has 2 heterocycles. The Bertz CT molecular complexity index is 1060. The van der Waals surface area contributed by atoms with Crippen molar-refractivity contribution in [3.05, 3.63) is 59.7 Å². The number of nitrogens with zero attached hydrogens (tertiary/aromatic N) is 2. The van der Waals surface area contributed by atoms with E-state index in [-0.39, 0.29) is 5.41 Å². The van der Waals surface area contributed by atoms with Crippen LogP contribution in [0.2, 0.25) is 0 Å². The summed E-state index contributed by atoms with van der Waals surface area (Å²) in [5.41, 5.74) is 2.82. The summed E-state index contributed by atoms with van der Waals surface area (Å²) in [6.07, 6.45) is 4.42. The maximum atomic E-state index is 5.73. The van der Waals surface area contributed by atoms with Crippen molar-refractivity contribution in [1.29, 1.82) is 0 Å². The fourth-order valence-electron chi connectivity index (χ4n) is 6.65. The summed E-state index contributed by atoms with van der Waals surface area (Å²) < 4.78 is 16.7. The van der Waals surface area contributed by atoms with Gasteiger partial charge in [-0.1, -0.05) is 36.4 Å². The Kier molecular flexibility index (Phi) is 9.05. The van der Waals surface area contributed by atoms with Crippen molar-refractivity contribution in [1.82, 2.24) is 20.4 Å². The van der Waals surface area contributed by atoms with Gasteiger partial charge in [-0.2, -0.15) is 0 Å². The maximum Gasteiger partial charge on any atom is 0.166 e. The summed E-state index contributed by atoms with van der Waals surface area (Å²) in [4.78, 5) is 5.12. The number of hydrogen-bond acceptors (Lipinski definition) is 6. The van der Waals surface area contributed by atoms with Crippen molar-refractivity contribution in [3.8, 4) is 11.5 Å². The number of rotatable bonds is 9. The predicted octanol–water partition coefficient (Wildman–Crippen LogP) is 3.56. The molecule has 3 fully saturated rings. The Morgan fingerprint density at radius 1 is 1.03 bits per heavy atom. The molecular formula is C30H42N4O3S. The second-order valence-electron chi connectivity index (χ2n) is 10.8. The highest BCUT2D eigenvalue weighted by molar-refractivity contribution is 7.80. The van der Waals surface area contributed by atoms with Gasteiger partial charge < -0.3 is 24.8 Å². The first-order valence-corrected chi connectivity index (χ1v) is 14.4. The van der Waals surface area contributed by atoms with Gasteiger partial charge in [0.25, 0.3) is 0 Å². The van der Waals surface area contributed by atoms with E-state index in [0.29, 0.717) is 12.1 Å². The second kappa shape index (κ2) is 12.6. The first-order valence-electron chi connectivity index (χ1n) is 14.0. The van der Waals surface area contributed by atoms with Gasteiger partial charge in [-0.15, -0.1) is 0 Å². The van der Waals surface area contributed by atoms with Crippen molar-refractivity contribution in [2.24, 2.45) is 0 Å². The third kappa shape index (κ3) is 6.09. The third-order valence-corrected chi connectivity index (χ3v) is 8.97. The minimum absolute atomic E-state index is 0.0951. The Hall–Kier alpha value is -2.39. The van der Waals surface area contributed by atoms with Crippen molar-refractivity contribution in [3.63, 3.8) is 0 Å². The van der Waals surface area contributed by atoms with Crippen LogP contribution in [0.5, 0.6) is 11.5 Å². The molecule has 0 aromatic heterocycles. The fraction of sp³-hybridized carbons (Fsp3) is 0.567. The highest BCUT2D eigenvalue weighted by Gasteiger charge is 2.51. The molecule has 206 valence electrons. The molecule has 2 N–H and O–H groups in total. The molecule has 2 aliphatic heterocycles. The molecule has 3 aliphatic rings. The van der Waals surface area contributed by atoms with Gasteiger partial charge in [-0.3, -0.25) is 9.80 Å². The Morgan fingerprint density at radius 3 is 2.58 bits per heavy atom. The zero-order valence-corrected chi connectivity index (χ0v) is 23.6. The van der Waals surface area contributed by atoms with Crippen molar-refractivity contribution in [2.75, 3.05) is 60.2 Å². The van der Waals surface area contributed by atoms with Gasteiger partial charge in [0.1, 0.15) is 0 Å². The third-order valence-electron chi connectivity index (χ3n) is 8.71. The van der Waals surface area contributed by atoms with Gasteiger partial charge in [0.15, 0.2) is 16.6 Å². The molecule has 1 aliphatic carbocycles. The SMILES string of the molecule is COc1ccc([C@@]23CC[C@@H](NC(=S)NCCN4CCOCC4)C[C@@H]2N(Cc2ccccc2)CC3)cc1OC. The van der Waals surface area contributed by atoms with Crippen molar-refractivity contribution in [2.45, 2.75) is 49.7 Å². The van der Waals surface area contributed by atoms with Gasteiger partial charge in [-0.05, 0) is 67.7 Å². The molecule has 0 amide bonds. The second-order valence-corrected chi connectivity index (χ2v) is 11.2. The van der Waals surface area contributed by atoms with E-state index in [0.717, 1.165) is 94.8 Å². The summed E-state index contributed by atoms with van der Waals surface area (Å²) in [6, 6.07) is 18.2. The van der Waals surface area contributed by atoms with E-state index in [1.54, 1.807) is 14.2 Å². The topological polar surface area (TPSA) is 58.2 Å². The molecule has 0 radical (unpaired) electrons. The van der Waals surface area contributed by atoms with Crippen molar-refractivity contribution >= 4 is 17.3 Å². The normalized spacial score (nSPS) is 25.9. The number of methoxy groups -OCH3 is 2. The highest BCUT2D eigenvalue weighted by atomic mass is 32.1. The van der Waals surface area contributed by atoms with Gasteiger partial charge >= 0.3 is 0 Å². The number of nitrogens with one attached hydrogen (secondary N) is 2.